The second-order valence-electron chi connectivity index (χ2n) is 5.14. The molecule has 2 aromatic heterocycles. The van der Waals surface area contributed by atoms with E-state index in [0.717, 1.165) is 12.4 Å². The number of rotatable bonds is 3. The van der Waals surface area contributed by atoms with Crippen molar-refractivity contribution in [3.63, 3.8) is 0 Å². The van der Waals surface area contributed by atoms with Crippen LogP contribution in [0, 0.1) is 11.6 Å². The van der Waals surface area contributed by atoms with Gasteiger partial charge in [-0.25, -0.2) is 23.2 Å². The van der Waals surface area contributed by atoms with Crippen LogP contribution in [0.3, 0.4) is 0 Å². The molecule has 29 heavy (non-hydrogen) atoms. The number of benzene rings is 1. The number of carbonyl (C=O) groups excluding carboxylic acids is 1. The Kier molecular flexibility index (Phi) is 6.95. The van der Waals surface area contributed by atoms with Gasteiger partial charge < -0.3 is 15.8 Å². The van der Waals surface area contributed by atoms with Crippen molar-refractivity contribution in [2.75, 3.05) is 23.5 Å². The third-order valence-electron chi connectivity index (χ3n) is 3.15. The molecule has 0 atom stereocenters. The van der Waals surface area contributed by atoms with E-state index in [0.29, 0.717) is 11.4 Å². The average molecular weight is 407 g/mol. The number of hydrogen-bond donors (Lipinski definition) is 5. The van der Waals surface area contributed by atoms with E-state index in [4.69, 9.17) is 10.5 Å². The Bertz CT molecular complexity index is 1120. The number of hydrogen-bond acceptors (Lipinski definition) is 7. The fourth-order valence-electron chi connectivity index (χ4n) is 1.88. The monoisotopic (exact) mass is 407 g/mol. The lowest BCUT2D eigenvalue weighted by atomic mass is 10.3. The highest BCUT2D eigenvalue weighted by molar-refractivity contribution is 6.00. The molecule has 2 amide bonds. The Morgan fingerprint density at radius 2 is 1.66 bits per heavy atom. The van der Waals surface area contributed by atoms with Crippen LogP contribution in [0.2, 0.25) is 0 Å². The van der Waals surface area contributed by atoms with Crippen LogP contribution in [0.25, 0.3) is 0 Å². The first kappa shape index (κ1) is 21.0. The molecule has 1 aromatic carbocycles. The average Bonchev–Trinajstić information content (AvgIpc) is 2.69. The highest BCUT2D eigenvalue weighted by Crippen LogP contribution is 2.23. The summed E-state index contributed by atoms with van der Waals surface area (Å²) in [5.41, 5.74) is 3.95. The molecule has 0 saturated heterocycles. The first-order valence-corrected chi connectivity index (χ1v) is 7.76. The van der Waals surface area contributed by atoms with Gasteiger partial charge in [0.25, 0.3) is 0 Å². The van der Waals surface area contributed by atoms with Crippen LogP contribution in [0.15, 0.2) is 46.2 Å². The Morgan fingerprint density at radius 3 is 2.28 bits per heavy atom. The predicted octanol–water partition coefficient (Wildman–Crippen LogP) is 1.05. The van der Waals surface area contributed by atoms with Crippen molar-refractivity contribution in [2.24, 2.45) is 0 Å². The number of halogens is 2. The lowest BCUT2D eigenvalue weighted by Crippen LogP contribution is -2.24. The molecule has 0 aliphatic carbocycles. The van der Waals surface area contributed by atoms with Crippen LogP contribution < -0.4 is 32.5 Å². The fourth-order valence-corrected chi connectivity index (χ4v) is 1.88. The summed E-state index contributed by atoms with van der Waals surface area (Å²) in [6.45, 7) is 0. The maximum atomic E-state index is 13.3. The molecule has 6 N–H and O–H groups in total. The lowest BCUT2D eigenvalue weighted by molar-refractivity contribution is 0.262. The Hall–Kier alpha value is -4.29. The first-order chi connectivity index (χ1) is 13.8. The van der Waals surface area contributed by atoms with Crippen LogP contribution in [0.4, 0.5) is 30.9 Å². The van der Waals surface area contributed by atoms with Crippen molar-refractivity contribution in [3.8, 4) is 5.75 Å². The quantitative estimate of drug-likeness (QED) is 0.432. The van der Waals surface area contributed by atoms with Crippen molar-refractivity contribution in [1.82, 2.24) is 19.9 Å². The summed E-state index contributed by atoms with van der Waals surface area (Å²) in [7, 11) is 1.46. The van der Waals surface area contributed by atoms with Gasteiger partial charge >= 0.3 is 17.4 Å². The minimum atomic E-state index is -0.847. The Balaban J connectivity index is 0.000000278. The molecule has 2 heterocycles. The molecule has 0 radical (unpaired) electrons. The number of nitrogens with two attached hydrogens (primary N) is 1. The van der Waals surface area contributed by atoms with E-state index < -0.39 is 29.0 Å². The van der Waals surface area contributed by atoms with Crippen molar-refractivity contribution in [2.45, 2.75) is 0 Å². The van der Waals surface area contributed by atoms with Gasteiger partial charge in [0, 0.05) is 0 Å². The van der Waals surface area contributed by atoms with Crippen LogP contribution in [0.5, 0.6) is 5.75 Å². The van der Waals surface area contributed by atoms with Gasteiger partial charge in [0.1, 0.15) is 11.6 Å². The van der Waals surface area contributed by atoms with Gasteiger partial charge in [-0.15, -0.1) is 0 Å². The number of nitrogens with zero attached hydrogens (tertiary/aromatic N) is 2. The van der Waals surface area contributed by atoms with Gasteiger partial charge in [0.05, 0.1) is 25.2 Å². The second-order valence-corrected chi connectivity index (χ2v) is 5.14. The number of nitrogen functional groups attached to an aromatic ring is 1. The maximum Gasteiger partial charge on any atom is 0.346 e. The third-order valence-corrected chi connectivity index (χ3v) is 3.15. The minimum absolute atomic E-state index is 0.282. The van der Waals surface area contributed by atoms with E-state index in [1.807, 2.05) is 4.98 Å². The number of amides is 2. The summed E-state index contributed by atoms with van der Waals surface area (Å²) < 4.78 is 30.5. The topological polar surface area (TPSA) is 168 Å². The lowest BCUT2D eigenvalue weighted by Gasteiger charge is -2.10. The molecule has 0 unspecified atom stereocenters. The smallest absolute Gasteiger partial charge is 0.346 e. The zero-order valence-corrected chi connectivity index (χ0v) is 14.8. The Morgan fingerprint density at radius 1 is 1.03 bits per heavy atom. The standard InChI is InChI=1S/C12H11FN4O3.C4H4FN3O/c1-20-9-5-3-2-4-8(9)15-12(19)17-10-7(13)6-14-11(18)16-10;5-2-1-7-4(9)8-3(2)6/h2-6H,1H3,(H3,14,15,16,17,18,19);1H,(H3,6,7,8,9). The van der Waals surface area contributed by atoms with Gasteiger partial charge in [0.2, 0.25) is 0 Å². The van der Waals surface area contributed by atoms with Crippen molar-refractivity contribution < 1.29 is 18.3 Å². The normalized spacial score (nSPS) is 9.76. The number of H-pyrrole nitrogens is 2. The number of carbonyl (C=O) groups is 1. The fraction of sp³-hybridized carbons (Fsp3) is 0.0625. The van der Waals surface area contributed by atoms with Crippen LogP contribution in [-0.2, 0) is 0 Å². The molecule has 0 spiro atoms. The van der Waals surface area contributed by atoms with Gasteiger partial charge in [-0.2, -0.15) is 9.97 Å². The molecule has 152 valence electrons. The number of methoxy groups -OCH3 is 1. The summed E-state index contributed by atoms with van der Waals surface area (Å²) in [6.07, 6.45) is 1.49. The van der Waals surface area contributed by atoms with E-state index in [9.17, 15) is 23.2 Å². The predicted molar refractivity (Wildman–Crippen MR) is 99.7 cm³/mol. The van der Waals surface area contributed by atoms with Crippen molar-refractivity contribution >= 4 is 23.4 Å². The van der Waals surface area contributed by atoms with Gasteiger partial charge in [-0.3, -0.25) is 15.3 Å². The molecule has 0 aliphatic heterocycles. The molecule has 0 aliphatic rings. The summed E-state index contributed by atoms with van der Waals surface area (Å²) in [5.74, 6) is -1.76. The molecule has 13 heteroatoms. The van der Waals surface area contributed by atoms with E-state index in [1.54, 1.807) is 24.3 Å². The summed E-state index contributed by atoms with van der Waals surface area (Å²) in [5, 5.41) is 4.65. The Labute approximate surface area is 161 Å². The molecular weight excluding hydrogens is 392 g/mol. The van der Waals surface area contributed by atoms with E-state index in [2.05, 4.69) is 25.6 Å². The summed E-state index contributed by atoms with van der Waals surface area (Å²) >= 11 is 0. The van der Waals surface area contributed by atoms with Crippen molar-refractivity contribution in [3.05, 3.63) is 69.3 Å². The molecule has 0 saturated carbocycles. The number of aromatic nitrogens is 4. The SMILES string of the molecule is COc1ccccc1NC(=O)Nc1[nH]c(=O)ncc1F.Nc1[nH]c(=O)ncc1F. The molecule has 0 bridgehead atoms. The highest BCUT2D eigenvalue weighted by atomic mass is 19.1. The van der Waals surface area contributed by atoms with Crippen LogP contribution in [0.1, 0.15) is 0 Å². The van der Waals surface area contributed by atoms with E-state index in [-0.39, 0.29) is 11.6 Å². The molecule has 3 rings (SSSR count). The van der Waals surface area contributed by atoms with Gasteiger partial charge in [-0.1, -0.05) is 12.1 Å². The second kappa shape index (κ2) is 9.59. The number of nitrogens with one attached hydrogen (secondary N) is 4. The zero-order chi connectivity index (χ0) is 21.4. The zero-order valence-electron chi connectivity index (χ0n) is 14.8. The third kappa shape index (κ3) is 6.13. The van der Waals surface area contributed by atoms with Crippen molar-refractivity contribution in [1.29, 1.82) is 0 Å². The first-order valence-electron chi connectivity index (χ1n) is 7.76. The number of anilines is 3. The molecule has 0 fully saturated rings. The highest BCUT2D eigenvalue weighted by Gasteiger charge is 2.10. The molecule has 11 nitrogen and oxygen atoms in total. The number of ether oxygens (including phenoxy) is 1. The van der Waals surface area contributed by atoms with Gasteiger partial charge in [0.15, 0.2) is 17.5 Å². The number of urea groups is 1. The van der Waals surface area contributed by atoms with E-state index >= 15 is 0 Å². The number of aromatic amines is 2. The van der Waals surface area contributed by atoms with Crippen LogP contribution in [-0.4, -0.2) is 33.1 Å². The summed E-state index contributed by atoms with van der Waals surface area (Å²) in [4.78, 5) is 43.2. The largest absolute Gasteiger partial charge is 0.495 e. The maximum absolute atomic E-state index is 13.3. The van der Waals surface area contributed by atoms with Crippen LogP contribution >= 0.6 is 0 Å². The number of para-hydroxylation sites is 2. The molecular formula is C16H15F2N7O4. The molecule has 3 aromatic rings. The summed E-state index contributed by atoms with van der Waals surface area (Å²) in [6, 6.07) is 5.99. The van der Waals surface area contributed by atoms with E-state index in [1.165, 1.54) is 7.11 Å². The minimum Gasteiger partial charge on any atom is -0.495 e. The van der Waals surface area contributed by atoms with Gasteiger partial charge in [-0.05, 0) is 12.1 Å².